The fourth-order valence-electron chi connectivity index (χ4n) is 6.17. The standard InChI is InChI=1S/C31H32N4O3/c36-29(25-8-9-25)34-15-11-21(19-34)20-35-28(33-31(30(35)37)12-16-38-17-13-31)24-6-3-22(4-7-24)26-10-5-23-2-1-14-32-27(23)18-26/h1-7,10,14,18,21,25H,8-9,11-13,15-17,19-20H2/t21-/m1/s1. The molecule has 0 bridgehead atoms. The maximum absolute atomic E-state index is 13.9. The maximum atomic E-state index is 13.9. The molecule has 7 heteroatoms. The van der Waals surface area contributed by atoms with Gasteiger partial charge in [-0.05, 0) is 48.4 Å². The molecule has 1 spiro atoms. The molecule has 194 valence electrons. The highest BCUT2D eigenvalue weighted by Crippen LogP contribution is 2.37. The molecule has 2 amide bonds. The summed E-state index contributed by atoms with van der Waals surface area (Å²) in [6, 6.07) is 18.7. The second-order valence-corrected chi connectivity index (χ2v) is 11.2. The zero-order valence-electron chi connectivity index (χ0n) is 21.5. The molecule has 1 saturated carbocycles. The van der Waals surface area contributed by atoms with Gasteiger partial charge in [0.25, 0.3) is 5.91 Å². The normalized spacial score (nSPS) is 22.9. The van der Waals surface area contributed by atoms with Gasteiger partial charge in [-0.2, -0.15) is 0 Å². The van der Waals surface area contributed by atoms with Crippen molar-refractivity contribution in [1.82, 2.24) is 14.8 Å². The van der Waals surface area contributed by atoms with Crippen LogP contribution in [0.25, 0.3) is 22.0 Å². The van der Waals surface area contributed by atoms with E-state index in [2.05, 4.69) is 53.5 Å². The molecule has 3 aliphatic heterocycles. The van der Waals surface area contributed by atoms with Crippen molar-refractivity contribution in [3.63, 3.8) is 0 Å². The van der Waals surface area contributed by atoms with Crippen LogP contribution in [0.1, 0.15) is 37.7 Å². The van der Waals surface area contributed by atoms with Gasteiger partial charge in [0.2, 0.25) is 5.91 Å². The number of pyridine rings is 1. The number of amides is 2. The Labute approximate surface area is 222 Å². The Morgan fingerprint density at radius 2 is 1.74 bits per heavy atom. The molecule has 0 N–H and O–H groups in total. The van der Waals surface area contributed by atoms with Crippen molar-refractivity contribution in [2.75, 3.05) is 32.8 Å². The zero-order chi connectivity index (χ0) is 25.7. The molecule has 2 aromatic carbocycles. The number of carbonyl (C=O) groups is 2. The van der Waals surface area contributed by atoms with Crippen LogP contribution in [0.15, 0.2) is 65.8 Å². The smallest absolute Gasteiger partial charge is 0.256 e. The Balaban J connectivity index is 1.16. The van der Waals surface area contributed by atoms with Crippen molar-refractivity contribution < 1.29 is 14.3 Å². The quantitative estimate of drug-likeness (QED) is 0.515. The number of rotatable bonds is 5. The molecular formula is C31H32N4O3. The molecule has 0 radical (unpaired) electrons. The van der Waals surface area contributed by atoms with Crippen LogP contribution in [-0.4, -0.2) is 70.8 Å². The van der Waals surface area contributed by atoms with Crippen LogP contribution in [-0.2, 0) is 14.3 Å². The maximum Gasteiger partial charge on any atom is 0.256 e. The highest BCUT2D eigenvalue weighted by Gasteiger charge is 2.50. The molecule has 3 fully saturated rings. The number of hydrogen-bond acceptors (Lipinski definition) is 5. The summed E-state index contributed by atoms with van der Waals surface area (Å²) in [6.45, 7) is 3.24. The molecule has 4 aliphatic rings. The van der Waals surface area contributed by atoms with Gasteiger partial charge in [0.05, 0.1) is 5.52 Å². The van der Waals surface area contributed by atoms with Gasteiger partial charge in [0, 0.05) is 68.8 Å². The third kappa shape index (κ3) is 4.19. The lowest BCUT2D eigenvalue weighted by molar-refractivity contribution is -0.134. The van der Waals surface area contributed by atoms with Gasteiger partial charge < -0.3 is 9.64 Å². The second kappa shape index (κ2) is 9.31. The zero-order valence-corrected chi connectivity index (χ0v) is 21.5. The number of amidine groups is 1. The number of hydrogen-bond donors (Lipinski definition) is 0. The van der Waals surface area contributed by atoms with E-state index in [0.29, 0.717) is 38.5 Å². The minimum atomic E-state index is -0.724. The van der Waals surface area contributed by atoms with Gasteiger partial charge >= 0.3 is 0 Å². The van der Waals surface area contributed by atoms with Crippen molar-refractivity contribution in [1.29, 1.82) is 0 Å². The molecule has 7 rings (SSSR count). The first-order valence-corrected chi connectivity index (χ1v) is 13.8. The third-order valence-electron chi connectivity index (χ3n) is 8.59. The van der Waals surface area contributed by atoms with Gasteiger partial charge in [-0.3, -0.25) is 24.5 Å². The molecule has 1 atom stereocenters. The first kappa shape index (κ1) is 23.5. The van der Waals surface area contributed by atoms with Gasteiger partial charge in [-0.25, -0.2) is 0 Å². The molecular weight excluding hydrogens is 476 g/mol. The highest BCUT2D eigenvalue weighted by molar-refractivity contribution is 6.15. The van der Waals surface area contributed by atoms with Crippen LogP contribution in [0.5, 0.6) is 0 Å². The van der Waals surface area contributed by atoms with E-state index in [-0.39, 0.29) is 17.7 Å². The van der Waals surface area contributed by atoms with E-state index in [1.54, 1.807) is 0 Å². The number of likely N-dealkylation sites (tertiary alicyclic amines) is 1. The lowest BCUT2D eigenvalue weighted by Gasteiger charge is -2.30. The van der Waals surface area contributed by atoms with E-state index >= 15 is 0 Å². The van der Waals surface area contributed by atoms with Crippen molar-refractivity contribution >= 4 is 28.6 Å². The number of ether oxygens (including phenoxy) is 1. The minimum absolute atomic E-state index is 0.0902. The van der Waals surface area contributed by atoms with Crippen LogP contribution < -0.4 is 0 Å². The number of nitrogens with zero attached hydrogens (tertiary/aromatic N) is 4. The van der Waals surface area contributed by atoms with Gasteiger partial charge in [0.1, 0.15) is 11.4 Å². The SMILES string of the molecule is O=C(C1CC1)N1CC[C@@H](CN2C(=O)C3(CCOCC3)N=C2c2ccc(-c3ccc4cccnc4c3)cc2)C1. The van der Waals surface area contributed by atoms with Gasteiger partial charge in [0.15, 0.2) is 0 Å². The van der Waals surface area contributed by atoms with Crippen LogP contribution in [0.4, 0.5) is 0 Å². The predicted molar refractivity (Wildman–Crippen MR) is 146 cm³/mol. The van der Waals surface area contributed by atoms with E-state index in [0.717, 1.165) is 65.8 Å². The molecule has 38 heavy (non-hydrogen) atoms. The first-order chi connectivity index (χ1) is 18.6. The van der Waals surface area contributed by atoms with E-state index in [9.17, 15) is 9.59 Å². The Morgan fingerprint density at radius 1 is 0.974 bits per heavy atom. The molecule has 4 heterocycles. The second-order valence-electron chi connectivity index (χ2n) is 11.2. The summed E-state index contributed by atoms with van der Waals surface area (Å²) in [7, 11) is 0. The number of carbonyl (C=O) groups excluding carboxylic acids is 2. The predicted octanol–water partition coefficient (Wildman–Crippen LogP) is 4.30. The summed E-state index contributed by atoms with van der Waals surface area (Å²) >= 11 is 0. The summed E-state index contributed by atoms with van der Waals surface area (Å²) in [4.78, 5) is 40.0. The fourth-order valence-corrected chi connectivity index (χ4v) is 6.17. The molecule has 1 aromatic heterocycles. The average Bonchev–Trinajstić information content (AvgIpc) is 3.66. The monoisotopic (exact) mass is 508 g/mol. The lowest BCUT2D eigenvalue weighted by atomic mass is 9.90. The van der Waals surface area contributed by atoms with E-state index in [1.807, 2.05) is 22.1 Å². The molecule has 7 nitrogen and oxygen atoms in total. The van der Waals surface area contributed by atoms with Crippen molar-refractivity contribution in [3.05, 3.63) is 66.4 Å². The van der Waals surface area contributed by atoms with Gasteiger partial charge in [-0.15, -0.1) is 0 Å². The van der Waals surface area contributed by atoms with Crippen LogP contribution in [0.3, 0.4) is 0 Å². The summed E-state index contributed by atoms with van der Waals surface area (Å²) in [5, 5.41) is 1.12. The van der Waals surface area contributed by atoms with E-state index in [1.165, 1.54) is 0 Å². The third-order valence-corrected chi connectivity index (χ3v) is 8.59. The molecule has 3 aromatic rings. The number of aromatic nitrogens is 1. The largest absolute Gasteiger partial charge is 0.381 e. The fraction of sp³-hybridized carbons (Fsp3) is 0.419. The van der Waals surface area contributed by atoms with Crippen molar-refractivity contribution in [3.8, 4) is 11.1 Å². The minimum Gasteiger partial charge on any atom is -0.381 e. The Kier molecular flexibility index (Phi) is 5.77. The van der Waals surface area contributed by atoms with Crippen LogP contribution >= 0.6 is 0 Å². The van der Waals surface area contributed by atoms with Crippen molar-refractivity contribution in [2.45, 2.75) is 37.6 Å². The molecule has 1 aliphatic carbocycles. The topological polar surface area (TPSA) is 75.1 Å². The van der Waals surface area contributed by atoms with E-state index in [4.69, 9.17) is 9.73 Å². The van der Waals surface area contributed by atoms with E-state index < -0.39 is 5.54 Å². The molecule has 0 unspecified atom stereocenters. The average molecular weight is 509 g/mol. The van der Waals surface area contributed by atoms with Gasteiger partial charge in [-0.1, -0.05) is 42.5 Å². The Morgan fingerprint density at radius 3 is 2.53 bits per heavy atom. The number of aliphatic imine (C=N–C) groups is 1. The van der Waals surface area contributed by atoms with Crippen molar-refractivity contribution in [2.24, 2.45) is 16.8 Å². The Hall–Kier alpha value is -3.58. The summed E-state index contributed by atoms with van der Waals surface area (Å²) in [5.41, 5.74) is 3.41. The lowest BCUT2D eigenvalue weighted by Crippen LogP contribution is -2.47. The van der Waals surface area contributed by atoms with Crippen LogP contribution in [0.2, 0.25) is 0 Å². The number of fused-ring (bicyclic) bond motifs is 1. The van der Waals surface area contributed by atoms with Crippen LogP contribution in [0, 0.1) is 11.8 Å². The highest BCUT2D eigenvalue weighted by atomic mass is 16.5. The first-order valence-electron chi connectivity index (χ1n) is 13.8. The molecule has 2 saturated heterocycles. The summed E-state index contributed by atoms with van der Waals surface area (Å²) in [6.07, 6.45) is 6.03. The number of benzene rings is 2. The Bertz CT molecular complexity index is 1420. The summed E-state index contributed by atoms with van der Waals surface area (Å²) < 4.78 is 5.59. The summed E-state index contributed by atoms with van der Waals surface area (Å²) in [5.74, 6) is 1.66.